The van der Waals surface area contributed by atoms with E-state index in [-0.39, 0.29) is 25.6 Å². The number of hydrogen-bond donors (Lipinski definition) is 1. The van der Waals surface area contributed by atoms with Gasteiger partial charge in [-0.25, -0.2) is 14.6 Å². The summed E-state index contributed by atoms with van der Waals surface area (Å²) in [5.74, 6) is -0.882. The van der Waals surface area contributed by atoms with Crippen LogP contribution in [0.5, 0.6) is 0 Å². The molecule has 172 valence electrons. The lowest BCUT2D eigenvalue weighted by molar-refractivity contribution is -0.164. The Bertz CT molecular complexity index is 1160. The van der Waals surface area contributed by atoms with Crippen molar-refractivity contribution in [1.82, 2.24) is 14.4 Å². The van der Waals surface area contributed by atoms with Crippen molar-refractivity contribution in [3.63, 3.8) is 0 Å². The molecule has 1 amide bonds. The lowest BCUT2D eigenvalue weighted by Gasteiger charge is -2.38. The molecule has 1 saturated heterocycles. The standard InChI is InChI=1S/C23H24N4O6/c1-32-22(30)17-9-10-19-24-20(15-25(19)14-17)26-11-12-27(18(21(26)29)8-5-13-28)33-23(31)16-6-3-2-4-7-16/h2-4,6-7,9-10,14-15,18,28H,5,8,11-13H2,1H3. The van der Waals surface area contributed by atoms with Gasteiger partial charge in [0.15, 0.2) is 5.82 Å². The third-order valence-corrected chi connectivity index (χ3v) is 5.42. The van der Waals surface area contributed by atoms with Crippen LogP contribution in [0.4, 0.5) is 5.82 Å². The molecular weight excluding hydrogens is 428 g/mol. The first-order valence-electron chi connectivity index (χ1n) is 10.5. The molecule has 3 heterocycles. The molecule has 1 N–H and O–H groups in total. The fraction of sp³-hybridized carbons (Fsp3) is 0.304. The van der Waals surface area contributed by atoms with E-state index in [1.165, 1.54) is 17.1 Å². The first-order valence-corrected chi connectivity index (χ1v) is 10.5. The van der Waals surface area contributed by atoms with Crippen molar-refractivity contribution in [2.75, 3.05) is 31.7 Å². The molecule has 10 nitrogen and oxygen atoms in total. The van der Waals surface area contributed by atoms with E-state index in [0.717, 1.165) is 0 Å². The van der Waals surface area contributed by atoms with Crippen LogP contribution in [0.25, 0.3) is 5.65 Å². The number of hydrogen-bond acceptors (Lipinski definition) is 8. The van der Waals surface area contributed by atoms with E-state index < -0.39 is 18.0 Å². The lowest BCUT2D eigenvalue weighted by atomic mass is 10.1. The molecule has 0 spiro atoms. The molecule has 4 rings (SSSR count). The van der Waals surface area contributed by atoms with Crippen molar-refractivity contribution in [1.29, 1.82) is 0 Å². The summed E-state index contributed by atoms with van der Waals surface area (Å²) < 4.78 is 6.40. The average Bonchev–Trinajstić information content (AvgIpc) is 3.26. The van der Waals surface area contributed by atoms with E-state index in [9.17, 15) is 19.5 Å². The predicted octanol–water partition coefficient (Wildman–Crippen LogP) is 1.68. The van der Waals surface area contributed by atoms with Crippen molar-refractivity contribution >= 4 is 29.3 Å². The maximum absolute atomic E-state index is 13.3. The third-order valence-electron chi connectivity index (χ3n) is 5.42. The Morgan fingerprint density at radius 3 is 2.58 bits per heavy atom. The summed E-state index contributed by atoms with van der Waals surface area (Å²) in [5, 5.41) is 10.7. The molecule has 1 fully saturated rings. The number of pyridine rings is 1. The van der Waals surface area contributed by atoms with E-state index in [1.54, 1.807) is 59.3 Å². The van der Waals surface area contributed by atoms with Gasteiger partial charge in [0.25, 0.3) is 0 Å². The number of methoxy groups -OCH3 is 1. The second-order valence-corrected chi connectivity index (χ2v) is 7.53. The van der Waals surface area contributed by atoms with Crippen molar-refractivity contribution < 1.29 is 29.1 Å². The Labute approximate surface area is 189 Å². The van der Waals surface area contributed by atoms with Crippen molar-refractivity contribution in [2.45, 2.75) is 18.9 Å². The minimum Gasteiger partial charge on any atom is -0.465 e. The van der Waals surface area contributed by atoms with Gasteiger partial charge in [-0.1, -0.05) is 18.2 Å². The zero-order chi connectivity index (χ0) is 23.4. The van der Waals surface area contributed by atoms with Crippen LogP contribution in [0.1, 0.15) is 33.6 Å². The Morgan fingerprint density at radius 1 is 1.06 bits per heavy atom. The second-order valence-electron chi connectivity index (χ2n) is 7.53. The highest BCUT2D eigenvalue weighted by atomic mass is 16.7. The van der Waals surface area contributed by atoms with E-state index in [0.29, 0.717) is 35.4 Å². The monoisotopic (exact) mass is 452 g/mol. The molecule has 0 bridgehead atoms. The first-order chi connectivity index (χ1) is 16.0. The molecule has 1 aliphatic heterocycles. The molecule has 0 aliphatic carbocycles. The molecule has 0 saturated carbocycles. The number of benzene rings is 1. The Kier molecular flexibility index (Phi) is 6.66. The summed E-state index contributed by atoms with van der Waals surface area (Å²) in [6.07, 6.45) is 3.93. The quantitative estimate of drug-likeness (QED) is 0.539. The minimum atomic E-state index is -0.756. The van der Waals surface area contributed by atoms with Gasteiger partial charge < -0.3 is 19.1 Å². The SMILES string of the molecule is COC(=O)c1ccc2nc(N3CCN(OC(=O)c4ccccc4)C(CCCO)C3=O)cn2c1. The van der Waals surface area contributed by atoms with E-state index in [1.807, 2.05) is 0 Å². The number of anilines is 1. The number of hydroxylamine groups is 2. The smallest absolute Gasteiger partial charge is 0.357 e. The summed E-state index contributed by atoms with van der Waals surface area (Å²) in [7, 11) is 1.31. The van der Waals surface area contributed by atoms with Gasteiger partial charge in [-0.2, -0.15) is 0 Å². The fourth-order valence-corrected chi connectivity index (χ4v) is 3.74. The number of aliphatic hydroxyl groups is 1. The van der Waals surface area contributed by atoms with Crippen molar-refractivity contribution in [2.24, 2.45) is 0 Å². The highest BCUT2D eigenvalue weighted by Gasteiger charge is 2.38. The van der Waals surface area contributed by atoms with Crippen molar-refractivity contribution in [3.8, 4) is 0 Å². The van der Waals surface area contributed by atoms with E-state index in [2.05, 4.69) is 4.98 Å². The van der Waals surface area contributed by atoms with E-state index >= 15 is 0 Å². The maximum atomic E-state index is 13.3. The molecule has 10 heteroatoms. The number of nitrogens with zero attached hydrogens (tertiary/aromatic N) is 4. The van der Waals surface area contributed by atoms with Crippen LogP contribution in [0, 0.1) is 0 Å². The number of amides is 1. The van der Waals surface area contributed by atoms with Crippen LogP contribution >= 0.6 is 0 Å². The Morgan fingerprint density at radius 2 is 1.85 bits per heavy atom. The molecule has 1 unspecified atom stereocenters. The number of imidazole rings is 1. The zero-order valence-corrected chi connectivity index (χ0v) is 18.1. The number of piperazine rings is 1. The van der Waals surface area contributed by atoms with Crippen LogP contribution in [0.2, 0.25) is 0 Å². The summed E-state index contributed by atoms with van der Waals surface area (Å²) in [6, 6.07) is 11.1. The Balaban J connectivity index is 1.55. The predicted molar refractivity (Wildman–Crippen MR) is 118 cm³/mol. The van der Waals surface area contributed by atoms with Gasteiger partial charge in [-0.3, -0.25) is 9.69 Å². The summed E-state index contributed by atoms with van der Waals surface area (Å²) in [6.45, 7) is 0.445. The topological polar surface area (TPSA) is 114 Å². The average molecular weight is 452 g/mol. The lowest BCUT2D eigenvalue weighted by Crippen LogP contribution is -2.57. The summed E-state index contributed by atoms with van der Waals surface area (Å²) >= 11 is 0. The highest BCUT2D eigenvalue weighted by molar-refractivity contribution is 5.98. The van der Waals surface area contributed by atoms with Crippen LogP contribution < -0.4 is 4.90 Å². The summed E-state index contributed by atoms with van der Waals surface area (Å²) in [4.78, 5) is 49.2. The molecular formula is C23H24N4O6. The van der Waals surface area contributed by atoms with Gasteiger partial charge in [0.05, 0.1) is 31.0 Å². The second kappa shape index (κ2) is 9.80. The third kappa shape index (κ3) is 4.71. The van der Waals surface area contributed by atoms with Gasteiger partial charge in [-0.15, -0.1) is 5.06 Å². The first kappa shape index (κ1) is 22.4. The van der Waals surface area contributed by atoms with E-state index in [4.69, 9.17) is 9.57 Å². The normalized spacial score (nSPS) is 16.7. The number of fused-ring (bicyclic) bond motifs is 1. The molecule has 1 atom stereocenters. The number of aliphatic hydroxyl groups excluding tert-OH is 1. The molecule has 1 aliphatic rings. The number of carbonyl (C=O) groups excluding carboxylic acids is 3. The minimum absolute atomic E-state index is 0.0884. The van der Waals surface area contributed by atoms with Crippen molar-refractivity contribution in [3.05, 3.63) is 66.0 Å². The molecule has 2 aromatic heterocycles. The number of aromatic nitrogens is 2. The maximum Gasteiger partial charge on any atom is 0.357 e. The molecule has 33 heavy (non-hydrogen) atoms. The largest absolute Gasteiger partial charge is 0.465 e. The Hall–Kier alpha value is -3.76. The fourth-order valence-electron chi connectivity index (χ4n) is 3.74. The van der Waals surface area contributed by atoms with Gasteiger partial charge in [-0.05, 0) is 37.1 Å². The number of rotatable bonds is 7. The summed E-state index contributed by atoms with van der Waals surface area (Å²) in [5.41, 5.74) is 1.31. The number of esters is 1. The van der Waals surface area contributed by atoms with Gasteiger partial charge in [0.1, 0.15) is 11.7 Å². The van der Waals surface area contributed by atoms with Crippen LogP contribution in [0.15, 0.2) is 54.9 Å². The van der Waals surface area contributed by atoms with Gasteiger partial charge in [0.2, 0.25) is 5.91 Å². The molecule has 1 aromatic carbocycles. The zero-order valence-electron chi connectivity index (χ0n) is 18.1. The van der Waals surface area contributed by atoms with Crippen LogP contribution in [-0.2, 0) is 14.4 Å². The van der Waals surface area contributed by atoms with Crippen LogP contribution in [0.3, 0.4) is 0 Å². The number of ether oxygens (including phenoxy) is 1. The molecule has 3 aromatic rings. The molecule has 0 radical (unpaired) electrons. The van der Waals surface area contributed by atoms with Crippen LogP contribution in [-0.4, -0.2) is 70.2 Å². The van der Waals surface area contributed by atoms with Gasteiger partial charge in [0, 0.05) is 19.3 Å². The number of carbonyl (C=O) groups is 3. The van der Waals surface area contributed by atoms with Gasteiger partial charge >= 0.3 is 11.9 Å². The highest BCUT2D eigenvalue weighted by Crippen LogP contribution is 2.24.